The van der Waals surface area contributed by atoms with E-state index in [4.69, 9.17) is 10.5 Å². The number of hydrogen-bond donors (Lipinski definition) is 1. The predicted octanol–water partition coefficient (Wildman–Crippen LogP) is 1.02. The second-order valence-electron chi connectivity index (χ2n) is 4.41. The standard InChI is InChI=1S/C13H20N2O/c1-16-13-9-15(10-13)8-12-4-2-11(3-5-12)6-7-14/h2-5,13H,6-10,14H2,1H3. The van der Waals surface area contributed by atoms with Gasteiger partial charge in [-0.3, -0.25) is 4.90 Å². The highest BCUT2D eigenvalue weighted by atomic mass is 16.5. The summed E-state index contributed by atoms with van der Waals surface area (Å²) in [6, 6.07) is 8.75. The summed E-state index contributed by atoms with van der Waals surface area (Å²) in [5.41, 5.74) is 8.21. The zero-order chi connectivity index (χ0) is 11.4. The highest BCUT2D eigenvalue weighted by molar-refractivity contribution is 5.23. The predicted molar refractivity (Wildman–Crippen MR) is 65.3 cm³/mol. The minimum atomic E-state index is 0.441. The van der Waals surface area contributed by atoms with Crippen LogP contribution in [0.2, 0.25) is 0 Å². The summed E-state index contributed by atoms with van der Waals surface area (Å²) in [6.07, 6.45) is 1.41. The highest BCUT2D eigenvalue weighted by Crippen LogP contribution is 2.15. The first-order valence-electron chi connectivity index (χ1n) is 5.85. The van der Waals surface area contributed by atoms with Crippen molar-refractivity contribution < 1.29 is 4.74 Å². The Morgan fingerprint density at radius 1 is 1.25 bits per heavy atom. The molecule has 0 atom stereocenters. The summed E-state index contributed by atoms with van der Waals surface area (Å²) in [6.45, 7) is 3.87. The molecule has 88 valence electrons. The van der Waals surface area contributed by atoms with Gasteiger partial charge in [-0.15, -0.1) is 0 Å². The van der Waals surface area contributed by atoms with Crippen LogP contribution in [0.3, 0.4) is 0 Å². The quantitative estimate of drug-likeness (QED) is 0.805. The van der Waals surface area contributed by atoms with Crippen LogP contribution >= 0.6 is 0 Å². The molecule has 0 spiro atoms. The third kappa shape index (κ3) is 2.82. The molecule has 0 radical (unpaired) electrons. The fourth-order valence-electron chi connectivity index (χ4n) is 2.04. The molecule has 3 heteroatoms. The number of methoxy groups -OCH3 is 1. The molecule has 1 aliphatic heterocycles. The number of benzene rings is 1. The Hall–Kier alpha value is -0.900. The van der Waals surface area contributed by atoms with Gasteiger partial charge in [0.25, 0.3) is 0 Å². The molecule has 0 bridgehead atoms. The molecular weight excluding hydrogens is 200 g/mol. The van der Waals surface area contributed by atoms with E-state index < -0.39 is 0 Å². The molecule has 0 unspecified atom stereocenters. The van der Waals surface area contributed by atoms with Crippen molar-refractivity contribution in [3.05, 3.63) is 35.4 Å². The van der Waals surface area contributed by atoms with Gasteiger partial charge in [-0.25, -0.2) is 0 Å². The first kappa shape index (κ1) is 11.6. The molecule has 1 fully saturated rings. The molecule has 1 aliphatic rings. The molecule has 2 N–H and O–H groups in total. The number of hydrogen-bond acceptors (Lipinski definition) is 3. The zero-order valence-electron chi connectivity index (χ0n) is 9.86. The summed E-state index contributed by atoms with van der Waals surface area (Å²) in [4.78, 5) is 2.39. The Labute approximate surface area is 97.2 Å². The molecule has 1 heterocycles. The Bertz CT molecular complexity index is 317. The van der Waals surface area contributed by atoms with E-state index in [1.54, 1.807) is 7.11 Å². The number of nitrogens with two attached hydrogens (primary N) is 1. The van der Waals surface area contributed by atoms with Gasteiger partial charge in [0.15, 0.2) is 0 Å². The van der Waals surface area contributed by atoms with Crippen molar-refractivity contribution in [2.45, 2.75) is 19.1 Å². The fourth-order valence-corrected chi connectivity index (χ4v) is 2.04. The smallest absolute Gasteiger partial charge is 0.0825 e. The topological polar surface area (TPSA) is 38.5 Å². The van der Waals surface area contributed by atoms with E-state index in [1.165, 1.54) is 11.1 Å². The largest absolute Gasteiger partial charge is 0.379 e. The summed E-state index contributed by atoms with van der Waals surface area (Å²) < 4.78 is 5.25. The maximum Gasteiger partial charge on any atom is 0.0825 e. The van der Waals surface area contributed by atoms with E-state index in [0.29, 0.717) is 6.10 Å². The van der Waals surface area contributed by atoms with Crippen LogP contribution in [-0.2, 0) is 17.7 Å². The minimum absolute atomic E-state index is 0.441. The van der Waals surface area contributed by atoms with Gasteiger partial charge < -0.3 is 10.5 Å². The van der Waals surface area contributed by atoms with Crippen LogP contribution in [0.1, 0.15) is 11.1 Å². The fraction of sp³-hybridized carbons (Fsp3) is 0.538. The maximum absolute atomic E-state index is 5.52. The van der Waals surface area contributed by atoms with E-state index >= 15 is 0 Å². The van der Waals surface area contributed by atoms with Crippen LogP contribution < -0.4 is 5.73 Å². The minimum Gasteiger partial charge on any atom is -0.379 e. The van der Waals surface area contributed by atoms with Crippen LogP contribution in [-0.4, -0.2) is 37.7 Å². The second kappa shape index (κ2) is 5.43. The van der Waals surface area contributed by atoms with E-state index in [0.717, 1.165) is 32.6 Å². The van der Waals surface area contributed by atoms with Gasteiger partial charge in [-0.05, 0) is 24.1 Å². The third-order valence-electron chi connectivity index (χ3n) is 3.12. The molecule has 0 saturated carbocycles. The lowest BCUT2D eigenvalue weighted by atomic mass is 10.1. The lowest BCUT2D eigenvalue weighted by molar-refractivity contribution is -0.0333. The summed E-state index contributed by atoms with van der Waals surface area (Å²) >= 11 is 0. The van der Waals surface area contributed by atoms with Gasteiger partial charge in [0, 0.05) is 26.7 Å². The van der Waals surface area contributed by atoms with Gasteiger partial charge in [-0.2, -0.15) is 0 Å². The Morgan fingerprint density at radius 2 is 1.88 bits per heavy atom. The van der Waals surface area contributed by atoms with Crippen molar-refractivity contribution in [2.75, 3.05) is 26.7 Å². The van der Waals surface area contributed by atoms with Crippen molar-refractivity contribution in [2.24, 2.45) is 5.73 Å². The van der Waals surface area contributed by atoms with Crippen molar-refractivity contribution in [1.29, 1.82) is 0 Å². The molecule has 0 aliphatic carbocycles. The van der Waals surface area contributed by atoms with Crippen molar-refractivity contribution in [1.82, 2.24) is 4.90 Å². The van der Waals surface area contributed by atoms with Crippen molar-refractivity contribution >= 4 is 0 Å². The molecule has 1 aromatic carbocycles. The number of nitrogens with zero attached hydrogens (tertiary/aromatic N) is 1. The Balaban J connectivity index is 1.82. The van der Waals surface area contributed by atoms with E-state index in [9.17, 15) is 0 Å². The zero-order valence-corrected chi connectivity index (χ0v) is 9.86. The van der Waals surface area contributed by atoms with Gasteiger partial charge >= 0.3 is 0 Å². The molecule has 1 saturated heterocycles. The van der Waals surface area contributed by atoms with E-state index in [-0.39, 0.29) is 0 Å². The van der Waals surface area contributed by atoms with Crippen LogP contribution in [0.4, 0.5) is 0 Å². The monoisotopic (exact) mass is 220 g/mol. The second-order valence-corrected chi connectivity index (χ2v) is 4.41. The average Bonchev–Trinajstić information content (AvgIpc) is 2.25. The van der Waals surface area contributed by atoms with E-state index in [1.807, 2.05) is 0 Å². The third-order valence-corrected chi connectivity index (χ3v) is 3.12. The number of ether oxygens (including phenoxy) is 1. The Morgan fingerprint density at radius 3 is 2.44 bits per heavy atom. The molecule has 0 amide bonds. The lowest BCUT2D eigenvalue weighted by Gasteiger charge is -2.38. The number of rotatable bonds is 5. The first-order chi connectivity index (χ1) is 7.81. The van der Waals surface area contributed by atoms with E-state index in [2.05, 4.69) is 29.2 Å². The van der Waals surface area contributed by atoms with Gasteiger partial charge in [0.2, 0.25) is 0 Å². The maximum atomic E-state index is 5.52. The molecule has 1 aromatic rings. The number of likely N-dealkylation sites (tertiary alicyclic amines) is 1. The lowest BCUT2D eigenvalue weighted by Crippen LogP contribution is -2.50. The van der Waals surface area contributed by atoms with Crippen LogP contribution in [0.25, 0.3) is 0 Å². The van der Waals surface area contributed by atoms with Gasteiger partial charge in [0.05, 0.1) is 6.10 Å². The van der Waals surface area contributed by atoms with Crippen LogP contribution in [0.5, 0.6) is 0 Å². The first-order valence-corrected chi connectivity index (χ1v) is 5.85. The molecule has 16 heavy (non-hydrogen) atoms. The molecular formula is C13H20N2O. The summed E-state index contributed by atoms with van der Waals surface area (Å²) in [5, 5.41) is 0. The normalized spacial score (nSPS) is 17.4. The van der Waals surface area contributed by atoms with Crippen molar-refractivity contribution in [3.8, 4) is 0 Å². The van der Waals surface area contributed by atoms with Crippen LogP contribution in [0.15, 0.2) is 24.3 Å². The molecule has 2 rings (SSSR count). The van der Waals surface area contributed by atoms with Gasteiger partial charge in [-0.1, -0.05) is 24.3 Å². The molecule has 3 nitrogen and oxygen atoms in total. The summed E-state index contributed by atoms with van der Waals surface area (Å²) in [7, 11) is 1.78. The summed E-state index contributed by atoms with van der Waals surface area (Å²) in [5.74, 6) is 0. The molecule has 0 aromatic heterocycles. The van der Waals surface area contributed by atoms with Crippen LogP contribution in [0, 0.1) is 0 Å². The highest BCUT2D eigenvalue weighted by Gasteiger charge is 2.25. The average molecular weight is 220 g/mol. The van der Waals surface area contributed by atoms with Gasteiger partial charge in [0.1, 0.15) is 0 Å². The SMILES string of the molecule is COC1CN(Cc2ccc(CCN)cc2)C1. The Kier molecular flexibility index (Phi) is 3.93. The van der Waals surface area contributed by atoms with Crippen molar-refractivity contribution in [3.63, 3.8) is 0 Å².